The van der Waals surface area contributed by atoms with Crippen molar-refractivity contribution in [2.75, 3.05) is 20.0 Å². The number of hydrogen-bond donors (Lipinski definition) is 1. The number of hydrogen-bond acceptors (Lipinski definition) is 9. The molecule has 0 aromatic rings. The maximum Gasteiger partial charge on any atom is 0.340 e. The number of rotatable bonds is 23. The molecule has 1 rings (SSSR count). The fourth-order valence-corrected chi connectivity index (χ4v) is 5.55. The third kappa shape index (κ3) is 16.5. The highest BCUT2D eigenvalue weighted by Crippen LogP contribution is 2.32. The van der Waals surface area contributed by atoms with Crippen molar-refractivity contribution in [1.82, 2.24) is 5.32 Å². The highest BCUT2D eigenvalue weighted by molar-refractivity contribution is 6.76. The van der Waals surface area contributed by atoms with E-state index in [4.69, 9.17) is 23.7 Å². The van der Waals surface area contributed by atoms with Crippen molar-refractivity contribution in [1.29, 1.82) is 0 Å². The van der Waals surface area contributed by atoms with Gasteiger partial charge in [0.1, 0.15) is 19.5 Å². The third-order valence-corrected chi connectivity index (χ3v) is 8.93. The van der Waals surface area contributed by atoms with Crippen LogP contribution in [-0.4, -0.2) is 75.7 Å². The minimum absolute atomic E-state index is 0.0726. The van der Waals surface area contributed by atoms with Crippen molar-refractivity contribution in [2.24, 2.45) is 0 Å². The molecule has 0 aliphatic carbocycles. The van der Waals surface area contributed by atoms with E-state index in [1.807, 2.05) is 12.2 Å². The summed E-state index contributed by atoms with van der Waals surface area (Å²) >= 11 is 0. The first kappa shape index (κ1) is 39.5. The molecule has 44 heavy (non-hydrogen) atoms. The Hall–Kier alpha value is -2.50. The Labute approximate surface area is 265 Å². The van der Waals surface area contributed by atoms with E-state index in [-0.39, 0.29) is 12.5 Å². The zero-order valence-electron chi connectivity index (χ0n) is 28.1. The van der Waals surface area contributed by atoms with Crippen LogP contribution in [0.1, 0.15) is 91.9 Å². The van der Waals surface area contributed by atoms with Crippen LogP contribution in [0.4, 0.5) is 0 Å². The van der Waals surface area contributed by atoms with Crippen LogP contribution in [0, 0.1) is 0 Å². The van der Waals surface area contributed by atoms with Crippen LogP contribution < -0.4 is 5.32 Å². The van der Waals surface area contributed by atoms with Crippen LogP contribution in [-0.2, 0) is 42.9 Å². The summed E-state index contributed by atoms with van der Waals surface area (Å²) < 4.78 is 27.8. The van der Waals surface area contributed by atoms with E-state index in [1.54, 1.807) is 0 Å². The van der Waals surface area contributed by atoms with Gasteiger partial charge in [-0.1, -0.05) is 76.6 Å². The Morgan fingerprint density at radius 3 is 2.30 bits per heavy atom. The molecule has 1 saturated heterocycles. The van der Waals surface area contributed by atoms with Crippen LogP contribution in [0.2, 0.25) is 25.7 Å². The Morgan fingerprint density at radius 1 is 0.977 bits per heavy atom. The molecule has 0 aromatic heterocycles. The minimum Gasteiger partial charge on any atom is -0.463 e. The van der Waals surface area contributed by atoms with E-state index >= 15 is 0 Å². The maximum atomic E-state index is 12.9. The molecule has 0 saturated carbocycles. The number of amides is 1. The smallest absolute Gasteiger partial charge is 0.340 e. The first-order chi connectivity index (χ1) is 20.8. The molecule has 0 bridgehead atoms. The molecule has 1 amide bonds. The highest BCUT2D eigenvalue weighted by atomic mass is 28.3. The SMILES string of the molecule is CCCCCCC(/C=C/CCCC/C=C/C[C@H]1OC(=O)[C@@](COC(C)=O)(NC(C)=O)[C@H]1OC(C)=O)OCOCC[Si](C)(C)C. The molecule has 0 spiro atoms. The molecule has 1 aliphatic heterocycles. The second kappa shape index (κ2) is 21.3. The predicted octanol–water partition coefficient (Wildman–Crippen LogP) is 6.01. The van der Waals surface area contributed by atoms with Gasteiger partial charge in [0.05, 0.1) is 6.10 Å². The molecule has 0 aromatic carbocycles. The standard InChI is InChI=1S/C33H57NO9Si/c1-8-9-10-16-19-29(41-25-39-22-23-44(5,6)7)20-17-14-12-11-13-15-18-21-30-31(42-28(4)37)33(32(38)43-30,34-26(2)35)24-40-27(3)36/h15,17-18,20,29-31H,8-14,16,19,21-25H2,1-7H3,(H,34,35)/b18-15+,20-17+/t29?,30-,31+,33+/m1/s1. The molecule has 4 atom stereocenters. The number of allylic oxidation sites excluding steroid dienone is 2. The summed E-state index contributed by atoms with van der Waals surface area (Å²) in [4.78, 5) is 48.1. The lowest BCUT2D eigenvalue weighted by Gasteiger charge is -2.31. The number of cyclic esters (lactones) is 1. The van der Waals surface area contributed by atoms with Gasteiger partial charge in [0.15, 0.2) is 6.10 Å². The second-order valence-electron chi connectivity index (χ2n) is 12.7. The first-order valence-electron chi connectivity index (χ1n) is 16.1. The van der Waals surface area contributed by atoms with E-state index in [1.165, 1.54) is 40.0 Å². The lowest BCUT2D eigenvalue weighted by molar-refractivity contribution is -0.159. The van der Waals surface area contributed by atoms with Gasteiger partial charge in [-0.25, -0.2) is 4.79 Å². The zero-order chi connectivity index (χ0) is 33.0. The normalized spacial score (nSPS) is 21.0. The Morgan fingerprint density at radius 2 is 1.68 bits per heavy atom. The fourth-order valence-electron chi connectivity index (χ4n) is 4.79. The quantitative estimate of drug-likeness (QED) is 0.0357. The Balaban J connectivity index is 2.57. The topological polar surface area (TPSA) is 126 Å². The average molecular weight is 640 g/mol. The molecule has 10 nitrogen and oxygen atoms in total. The van der Waals surface area contributed by atoms with E-state index in [0.29, 0.717) is 6.79 Å². The summed E-state index contributed by atoms with van der Waals surface area (Å²) in [6.45, 7) is 13.5. The van der Waals surface area contributed by atoms with Gasteiger partial charge in [0, 0.05) is 41.9 Å². The summed E-state index contributed by atoms with van der Waals surface area (Å²) in [6.07, 6.45) is 16.2. The summed E-state index contributed by atoms with van der Waals surface area (Å²) in [5.41, 5.74) is -1.80. The summed E-state index contributed by atoms with van der Waals surface area (Å²) in [5, 5.41) is 2.51. The molecule has 1 heterocycles. The maximum absolute atomic E-state index is 12.9. The van der Waals surface area contributed by atoms with Gasteiger partial charge in [-0.05, 0) is 38.1 Å². The second-order valence-corrected chi connectivity index (χ2v) is 18.3. The van der Waals surface area contributed by atoms with Gasteiger partial charge >= 0.3 is 17.9 Å². The number of nitrogens with one attached hydrogen (secondary N) is 1. The van der Waals surface area contributed by atoms with Crippen molar-refractivity contribution in [3.63, 3.8) is 0 Å². The zero-order valence-corrected chi connectivity index (χ0v) is 29.1. The van der Waals surface area contributed by atoms with E-state index in [2.05, 4.69) is 44.0 Å². The lowest BCUT2D eigenvalue weighted by atomic mass is 9.90. The largest absolute Gasteiger partial charge is 0.463 e. The number of esters is 3. The molecule has 0 radical (unpaired) electrons. The number of ether oxygens (including phenoxy) is 5. The first-order valence-corrected chi connectivity index (χ1v) is 19.8. The Kier molecular flexibility index (Phi) is 19.1. The van der Waals surface area contributed by atoms with Gasteiger partial charge in [-0.2, -0.15) is 0 Å². The molecule has 1 fully saturated rings. The predicted molar refractivity (Wildman–Crippen MR) is 173 cm³/mol. The van der Waals surface area contributed by atoms with Crippen molar-refractivity contribution in [3.05, 3.63) is 24.3 Å². The van der Waals surface area contributed by atoms with Crippen molar-refractivity contribution < 1.29 is 42.9 Å². The fraction of sp³-hybridized carbons (Fsp3) is 0.758. The van der Waals surface area contributed by atoms with Gasteiger partial charge in [0.2, 0.25) is 11.4 Å². The van der Waals surface area contributed by atoms with Crippen LogP contribution in [0.15, 0.2) is 24.3 Å². The molecule has 11 heteroatoms. The number of unbranched alkanes of at least 4 members (excludes halogenated alkanes) is 6. The summed E-state index contributed by atoms with van der Waals surface area (Å²) in [7, 11) is -1.11. The molecule has 1 unspecified atom stereocenters. The van der Waals surface area contributed by atoms with Crippen molar-refractivity contribution in [3.8, 4) is 0 Å². The number of carbonyl (C=O) groups is 4. The molecule has 1 aliphatic rings. The van der Waals surface area contributed by atoms with Gasteiger partial charge in [0.25, 0.3) is 0 Å². The minimum atomic E-state index is -1.80. The Bertz CT molecular complexity index is 946. The van der Waals surface area contributed by atoms with Gasteiger partial charge in [-0.3, -0.25) is 14.4 Å². The van der Waals surface area contributed by atoms with E-state index in [9.17, 15) is 19.2 Å². The van der Waals surface area contributed by atoms with Gasteiger partial charge in [-0.15, -0.1) is 0 Å². The molecule has 252 valence electrons. The van der Waals surface area contributed by atoms with Crippen LogP contribution in [0.5, 0.6) is 0 Å². The number of carbonyl (C=O) groups excluding carboxylic acids is 4. The third-order valence-electron chi connectivity index (χ3n) is 7.22. The van der Waals surface area contributed by atoms with Gasteiger partial charge < -0.3 is 29.0 Å². The van der Waals surface area contributed by atoms with Crippen LogP contribution in [0.3, 0.4) is 0 Å². The average Bonchev–Trinajstić information content (AvgIpc) is 3.16. The lowest BCUT2D eigenvalue weighted by Crippen LogP contribution is -2.63. The molecular formula is C33H57NO9Si. The van der Waals surface area contributed by atoms with Crippen LogP contribution in [0.25, 0.3) is 0 Å². The van der Waals surface area contributed by atoms with Crippen molar-refractivity contribution >= 4 is 31.9 Å². The molecular weight excluding hydrogens is 582 g/mol. The summed E-state index contributed by atoms with van der Waals surface area (Å²) in [5.74, 6) is -2.64. The van der Waals surface area contributed by atoms with Crippen LogP contribution >= 0.6 is 0 Å². The van der Waals surface area contributed by atoms with Crippen molar-refractivity contribution in [2.45, 2.75) is 141 Å². The van der Waals surface area contributed by atoms with E-state index < -0.39 is 56.2 Å². The monoisotopic (exact) mass is 639 g/mol. The highest BCUT2D eigenvalue weighted by Gasteiger charge is 2.61. The summed E-state index contributed by atoms with van der Waals surface area (Å²) in [6, 6.07) is 1.13. The van der Waals surface area contributed by atoms with E-state index in [0.717, 1.165) is 51.2 Å². The molecule has 1 N–H and O–H groups in total.